The van der Waals surface area contributed by atoms with Gasteiger partial charge < -0.3 is 0 Å². The minimum Gasteiger partial charge on any atom is -0.267 e. The highest BCUT2D eigenvalue weighted by molar-refractivity contribution is 7.89. The Morgan fingerprint density at radius 2 is 1.72 bits per heavy atom. The van der Waals surface area contributed by atoms with Crippen LogP contribution in [0.25, 0.3) is 0 Å². The quantitative estimate of drug-likeness (QED) is 0.401. The van der Waals surface area contributed by atoms with E-state index < -0.39 is 20.9 Å². The molecule has 0 heterocycles. The van der Waals surface area contributed by atoms with Crippen LogP contribution in [0.15, 0.2) is 58.5 Å². The fourth-order valence-corrected chi connectivity index (χ4v) is 4.12. The largest absolute Gasteiger partial charge is 0.271 e. The van der Waals surface area contributed by atoms with E-state index in [-0.39, 0.29) is 16.1 Å². The van der Waals surface area contributed by atoms with Gasteiger partial charge in [-0.1, -0.05) is 32.0 Å². The number of nitrogens with one attached hydrogen (secondary N) is 1. The molecule has 1 amide bonds. The van der Waals surface area contributed by atoms with Gasteiger partial charge in [-0.15, -0.1) is 0 Å². The molecule has 0 spiro atoms. The number of carbonyl (C=O) groups excluding carboxylic acids is 1. The summed E-state index contributed by atoms with van der Waals surface area (Å²) in [4.78, 5) is 22.8. The molecule has 10 heteroatoms. The van der Waals surface area contributed by atoms with Crippen LogP contribution < -0.4 is 5.43 Å². The van der Waals surface area contributed by atoms with Gasteiger partial charge in [0, 0.05) is 36.3 Å². The van der Waals surface area contributed by atoms with Gasteiger partial charge in [-0.05, 0) is 25.1 Å². The topological polar surface area (TPSA) is 122 Å². The van der Waals surface area contributed by atoms with Crippen LogP contribution in [0.3, 0.4) is 0 Å². The van der Waals surface area contributed by atoms with Crippen LogP contribution in [0.4, 0.5) is 5.69 Å². The molecule has 0 aromatic heterocycles. The summed E-state index contributed by atoms with van der Waals surface area (Å²) in [6, 6.07) is 11.6. The lowest BCUT2D eigenvalue weighted by Gasteiger charge is -2.18. The zero-order valence-electron chi connectivity index (χ0n) is 16.3. The van der Waals surface area contributed by atoms with E-state index in [9.17, 15) is 23.3 Å². The molecule has 0 aliphatic heterocycles. The van der Waals surface area contributed by atoms with E-state index in [0.717, 1.165) is 0 Å². The third-order valence-electron chi connectivity index (χ3n) is 4.24. The van der Waals surface area contributed by atoms with Gasteiger partial charge >= 0.3 is 0 Å². The molecule has 154 valence electrons. The molecule has 2 aromatic rings. The molecule has 1 N–H and O–H groups in total. The summed E-state index contributed by atoms with van der Waals surface area (Å²) >= 11 is 0. The van der Waals surface area contributed by atoms with Gasteiger partial charge in [0.2, 0.25) is 10.0 Å². The molecule has 0 radical (unpaired) electrons. The van der Waals surface area contributed by atoms with Crippen molar-refractivity contribution < 1.29 is 18.1 Å². The number of hydrazone groups is 1. The molecule has 0 atom stereocenters. The van der Waals surface area contributed by atoms with Crippen molar-refractivity contribution >= 4 is 27.3 Å². The Labute approximate surface area is 169 Å². The summed E-state index contributed by atoms with van der Waals surface area (Å²) in [6.07, 6.45) is 0. The second kappa shape index (κ2) is 9.39. The third-order valence-corrected chi connectivity index (χ3v) is 6.29. The number of non-ortho nitro benzene ring substituents is 1. The first-order chi connectivity index (χ1) is 13.7. The van der Waals surface area contributed by atoms with Crippen molar-refractivity contribution in [1.29, 1.82) is 0 Å². The maximum atomic E-state index is 12.6. The molecule has 0 aliphatic carbocycles. The van der Waals surface area contributed by atoms with Gasteiger partial charge in [-0.25, -0.2) is 13.8 Å². The Kier molecular flexibility index (Phi) is 7.18. The minimum atomic E-state index is -3.69. The second-order valence-electron chi connectivity index (χ2n) is 6.06. The summed E-state index contributed by atoms with van der Waals surface area (Å²) in [6.45, 7) is 5.72. The molecule has 0 saturated heterocycles. The first-order valence-electron chi connectivity index (χ1n) is 8.90. The van der Waals surface area contributed by atoms with E-state index in [4.69, 9.17) is 0 Å². The Morgan fingerprint density at radius 3 is 2.34 bits per heavy atom. The number of nitrogens with zero attached hydrogens (tertiary/aromatic N) is 3. The molecule has 29 heavy (non-hydrogen) atoms. The summed E-state index contributed by atoms with van der Waals surface area (Å²) in [5.41, 5.74) is 3.25. The lowest BCUT2D eigenvalue weighted by Crippen LogP contribution is -2.30. The fraction of sp³-hybridized carbons (Fsp3) is 0.263. The average molecular weight is 418 g/mol. The van der Waals surface area contributed by atoms with Crippen LogP contribution in [0.1, 0.15) is 36.7 Å². The highest BCUT2D eigenvalue weighted by atomic mass is 32.2. The zero-order valence-corrected chi connectivity index (χ0v) is 17.1. The molecule has 0 unspecified atom stereocenters. The van der Waals surface area contributed by atoms with Crippen molar-refractivity contribution in [3.63, 3.8) is 0 Å². The van der Waals surface area contributed by atoms with Gasteiger partial charge in [-0.2, -0.15) is 9.41 Å². The molecule has 0 bridgehead atoms. The summed E-state index contributed by atoms with van der Waals surface area (Å²) in [7, 11) is -3.69. The van der Waals surface area contributed by atoms with E-state index in [1.165, 1.54) is 46.8 Å². The van der Waals surface area contributed by atoms with E-state index in [1.54, 1.807) is 26.8 Å². The van der Waals surface area contributed by atoms with Crippen molar-refractivity contribution in [2.24, 2.45) is 5.10 Å². The summed E-state index contributed by atoms with van der Waals surface area (Å²) < 4.78 is 26.5. The van der Waals surface area contributed by atoms with Gasteiger partial charge in [0.05, 0.1) is 15.5 Å². The maximum Gasteiger partial charge on any atom is 0.271 e. The van der Waals surface area contributed by atoms with Crippen molar-refractivity contribution in [3.05, 3.63) is 69.8 Å². The van der Waals surface area contributed by atoms with Crippen molar-refractivity contribution in [3.8, 4) is 0 Å². The monoisotopic (exact) mass is 418 g/mol. The Morgan fingerprint density at radius 1 is 1.10 bits per heavy atom. The molecule has 0 fully saturated rings. The number of hydrogen-bond acceptors (Lipinski definition) is 6. The number of benzene rings is 2. The number of amides is 1. The van der Waals surface area contributed by atoms with Crippen LogP contribution in [0.2, 0.25) is 0 Å². The standard InChI is InChI=1S/C19H22N4O5S/c1-4-22(5-2)29(27,28)18-11-7-9-16(13-18)19(24)21-20-14(3)15-8-6-10-17(12-15)23(25)26/h6-13H,4-5H2,1-3H3,(H,21,24). The van der Waals surface area contributed by atoms with Crippen LogP contribution in [-0.4, -0.2) is 42.4 Å². The highest BCUT2D eigenvalue weighted by Crippen LogP contribution is 2.17. The van der Waals surface area contributed by atoms with Crippen LogP contribution in [0, 0.1) is 10.1 Å². The highest BCUT2D eigenvalue weighted by Gasteiger charge is 2.22. The van der Waals surface area contributed by atoms with E-state index in [2.05, 4.69) is 10.5 Å². The predicted molar refractivity (Wildman–Crippen MR) is 109 cm³/mol. The van der Waals surface area contributed by atoms with Gasteiger partial charge in [0.25, 0.3) is 11.6 Å². The van der Waals surface area contributed by atoms with Gasteiger partial charge in [-0.3, -0.25) is 14.9 Å². The number of nitro groups is 1. The third kappa shape index (κ3) is 5.24. The second-order valence-corrected chi connectivity index (χ2v) is 8.00. The predicted octanol–water partition coefficient (Wildman–Crippen LogP) is 2.78. The zero-order chi connectivity index (χ0) is 21.6. The molecule has 9 nitrogen and oxygen atoms in total. The lowest BCUT2D eigenvalue weighted by molar-refractivity contribution is -0.384. The fourth-order valence-electron chi connectivity index (χ4n) is 2.62. The van der Waals surface area contributed by atoms with Gasteiger partial charge in [0.15, 0.2) is 0 Å². The summed E-state index contributed by atoms with van der Waals surface area (Å²) in [5.74, 6) is -0.591. The first-order valence-corrected chi connectivity index (χ1v) is 10.3. The Balaban J connectivity index is 2.22. The lowest BCUT2D eigenvalue weighted by atomic mass is 10.1. The normalized spacial score (nSPS) is 12.1. The number of nitro benzene ring substituents is 1. The van der Waals surface area contributed by atoms with Crippen LogP contribution in [0.5, 0.6) is 0 Å². The van der Waals surface area contributed by atoms with Crippen LogP contribution in [-0.2, 0) is 10.0 Å². The van der Waals surface area contributed by atoms with E-state index in [1.807, 2.05) is 0 Å². The molecule has 0 saturated carbocycles. The molecule has 2 aromatic carbocycles. The number of hydrogen-bond donors (Lipinski definition) is 1. The Bertz CT molecular complexity index is 1050. The molecule has 2 rings (SSSR count). The number of rotatable bonds is 8. The Hall–Kier alpha value is -3.11. The molecule has 0 aliphatic rings. The smallest absolute Gasteiger partial charge is 0.267 e. The maximum absolute atomic E-state index is 12.6. The average Bonchev–Trinajstić information content (AvgIpc) is 2.72. The van der Waals surface area contributed by atoms with Gasteiger partial charge in [0.1, 0.15) is 0 Å². The van der Waals surface area contributed by atoms with Crippen LogP contribution >= 0.6 is 0 Å². The van der Waals surface area contributed by atoms with Crippen molar-refractivity contribution in [2.45, 2.75) is 25.7 Å². The summed E-state index contributed by atoms with van der Waals surface area (Å²) in [5, 5.41) is 14.8. The van der Waals surface area contributed by atoms with Crippen molar-refractivity contribution in [1.82, 2.24) is 9.73 Å². The molecular weight excluding hydrogens is 396 g/mol. The van der Waals surface area contributed by atoms with Crippen molar-refractivity contribution in [2.75, 3.05) is 13.1 Å². The SMILES string of the molecule is CCN(CC)S(=O)(=O)c1cccc(C(=O)NN=C(C)c2cccc([N+](=O)[O-])c2)c1. The van der Waals surface area contributed by atoms with E-state index in [0.29, 0.717) is 24.4 Å². The minimum absolute atomic E-state index is 0.0215. The first kappa shape index (κ1) is 22.2. The van der Waals surface area contributed by atoms with E-state index >= 15 is 0 Å². The molecular formula is C19H22N4O5S. The number of carbonyl (C=O) groups is 1. The number of sulfonamides is 1.